The summed E-state index contributed by atoms with van der Waals surface area (Å²) in [6.45, 7) is 47.0. The second kappa shape index (κ2) is 53.1. The van der Waals surface area contributed by atoms with E-state index >= 15 is 0 Å². The Morgan fingerprint density at radius 3 is 1.45 bits per heavy atom. The molecule has 5 saturated heterocycles. The second-order valence-corrected chi connectivity index (χ2v) is 35.5. The van der Waals surface area contributed by atoms with Crippen LogP contribution in [0.2, 0.25) is 0 Å². The van der Waals surface area contributed by atoms with E-state index in [1.807, 2.05) is 122 Å². The molecule has 0 spiro atoms. The minimum absolute atomic E-state index is 0. The number of allylic oxidation sites excluding steroid dienone is 2. The Morgan fingerprint density at radius 2 is 1.02 bits per heavy atom. The van der Waals surface area contributed by atoms with Crippen molar-refractivity contribution < 1.29 is 73.0 Å². The zero-order chi connectivity index (χ0) is 85.9. The molecule has 652 valence electrons. The number of likely N-dealkylation sites (tertiary alicyclic amines) is 5. The Kier molecular flexibility index (Phi) is 47.4. The van der Waals surface area contributed by atoms with E-state index in [9.17, 15) is 33.6 Å². The molecule has 8 atom stereocenters. The van der Waals surface area contributed by atoms with E-state index < -0.39 is 5.60 Å². The Bertz CT molecular complexity index is 4130. The van der Waals surface area contributed by atoms with Crippen molar-refractivity contribution in [2.75, 3.05) is 72.6 Å². The van der Waals surface area contributed by atoms with Crippen molar-refractivity contribution in [3.8, 4) is 0 Å². The monoisotopic (exact) mass is 1670 g/mol. The summed E-state index contributed by atoms with van der Waals surface area (Å²) >= 11 is 0. The first kappa shape index (κ1) is 107. The molecule has 6 aromatic rings. The number of Topliss-reactive ketones (excluding diaryl/α,β-unsaturated/α-hetero) is 5. The molecule has 16 nitrogen and oxygen atoms in total. The van der Waals surface area contributed by atoms with Crippen LogP contribution in [0.3, 0.4) is 0 Å². The van der Waals surface area contributed by atoms with Crippen LogP contribution in [0.1, 0.15) is 240 Å². The number of ether oxygens (including phenoxy) is 1. The first-order valence-electron chi connectivity index (χ1n) is 43.0. The molecule has 1 saturated carbocycles. The average Bonchev–Trinajstić information content (AvgIpc) is 0.746. The molecule has 7 aliphatic rings. The zero-order valence-corrected chi connectivity index (χ0v) is 78.5. The molecule has 2 N–H and O–H groups in total. The van der Waals surface area contributed by atoms with Crippen LogP contribution in [-0.4, -0.2) is 149 Å². The van der Waals surface area contributed by atoms with Gasteiger partial charge in [-0.05, 0) is 136 Å². The van der Waals surface area contributed by atoms with Crippen molar-refractivity contribution in [3.05, 3.63) is 239 Å². The van der Waals surface area contributed by atoms with Crippen molar-refractivity contribution in [2.24, 2.45) is 50.1 Å². The largest absolute Gasteiger partial charge is 1.00 e. The molecule has 18 heteroatoms. The summed E-state index contributed by atoms with van der Waals surface area (Å²) in [5.41, 5.74) is 16.5. The zero-order valence-electron chi connectivity index (χ0n) is 75.5. The molecular formula is C102H148N7NaO9S. The summed E-state index contributed by atoms with van der Waals surface area (Å²) in [6, 6.07) is 63.3. The van der Waals surface area contributed by atoms with Gasteiger partial charge in [0.1, 0.15) is 28.7 Å². The normalized spacial score (nSPS) is 22.9. The van der Waals surface area contributed by atoms with Gasteiger partial charge in [0.25, 0.3) is 0 Å². The van der Waals surface area contributed by atoms with Crippen LogP contribution in [0.15, 0.2) is 211 Å². The van der Waals surface area contributed by atoms with Gasteiger partial charge in [0, 0.05) is 176 Å². The smallest absolute Gasteiger partial charge is 0.857 e. The third-order valence-electron chi connectivity index (χ3n) is 24.3. The van der Waals surface area contributed by atoms with Gasteiger partial charge in [0.15, 0.2) is 11.6 Å². The first-order chi connectivity index (χ1) is 55.7. The van der Waals surface area contributed by atoms with Crippen LogP contribution in [0.25, 0.3) is 0 Å². The molecule has 6 fully saturated rings. The molecule has 5 aliphatic heterocycles. The molecule has 0 radical (unpaired) electrons. The van der Waals surface area contributed by atoms with E-state index in [2.05, 4.69) is 195 Å². The van der Waals surface area contributed by atoms with Crippen LogP contribution in [0.5, 0.6) is 0 Å². The van der Waals surface area contributed by atoms with E-state index in [4.69, 9.17) is 20.6 Å². The molecular weight excluding hydrogens is 1520 g/mol. The van der Waals surface area contributed by atoms with Crippen LogP contribution in [0.4, 0.5) is 4.79 Å². The van der Waals surface area contributed by atoms with E-state index in [1.54, 1.807) is 0 Å². The molecule has 0 bridgehead atoms. The number of aliphatic imine (C=N–C) groups is 1. The Morgan fingerprint density at radius 1 is 0.575 bits per heavy atom. The summed E-state index contributed by atoms with van der Waals surface area (Å²) < 4.78 is 5.50. The Balaban J connectivity index is 0.000000368. The van der Waals surface area contributed by atoms with E-state index in [1.165, 1.54) is 50.7 Å². The topological polar surface area (TPSA) is 206 Å². The molecule has 5 heterocycles. The van der Waals surface area contributed by atoms with Crippen LogP contribution in [0, 0.1) is 39.4 Å². The number of rotatable bonds is 17. The molecule has 1 amide bonds. The molecule has 2 aliphatic carbocycles. The summed E-state index contributed by atoms with van der Waals surface area (Å²) in [7, 11) is 0.750. The summed E-state index contributed by atoms with van der Waals surface area (Å²) in [5, 5.41) is 8.25. The number of nitrogens with two attached hydrogens (primary N) is 1. The average molecular weight is 1670 g/mol. The fourth-order valence-electron chi connectivity index (χ4n) is 17.3. The third-order valence-corrected chi connectivity index (χ3v) is 24.3. The molecule has 0 aromatic heterocycles. The van der Waals surface area contributed by atoms with Gasteiger partial charge in [-0.1, -0.05) is 264 Å². The number of fused-ring (bicyclic) bond motifs is 2. The predicted octanol–water partition coefficient (Wildman–Crippen LogP) is 16.9. The van der Waals surface area contributed by atoms with Gasteiger partial charge in [-0.25, -0.2) is 4.79 Å². The van der Waals surface area contributed by atoms with Crippen LogP contribution >= 0.6 is 13.5 Å². The van der Waals surface area contributed by atoms with E-state index in [0.717, 1.165) is 130 Å². The SMILES string of the molecule is C.C=CC(=O)CC.CC(C)(C)OC(=O)N1CCC2C(C)(C)C(=O)CC[C@@]2(C)C1.CC1=C2CCN(Cc3ccccc3)C[C@]2(C)CCC1=O.CC1CN(Cc2ccccc2)CCC1=N[C@@H](C)c1ccccc1.CC1CN(Cc2ccccc2)CCC1=O.CCC(=O)CC[C@@]1(C)CN(Cc2ccccc2)CCC1=O.C[C@H](N)c1ccccc1.C[O-].S.[Na+]. The Labute approximate surface area is 752 Å². The molecule has 120 heavy (non-hydrogen) atoms. The van der Waals surface area contributed by atoms with Crippen molar-refractivity contribution in [3.63, 3.8) is 0 Å². The number of benzene rings is 6. The maximum absolute atomic E-state index is 12.3. The van der Waals surface area contributed by atoms with Crippen molar-refractivity contribution in [1.82, 2.24) is 24.5 Å². The van der Waals surface area contributed by atoms with E-state index in [-0.39, 0.29) is 108 Å². The summed E-state index contributed by atoms with van der Waals surface area (Å²) in [6.07, 6.45) is 11.1. The standard InChI is InChI=1S/C21H26N2.C18H25NO2.C18H23NO.C17H29NO3.C13H17NO.C8H11N.C5H8O.CH3O.CH4.Na.H2S/c1-17-15-23(16-19-9-5-3-6-10-19)14-13-21(17)22-18(2)20-11-7-4-8-12-20;1-3-16(20)9-11-18(2)14-19(12-10-17(18)21)13-15-7-5-4-6-8-15;1-14-16-9-11-19(12-15-6-4-3-5-7-15)13-18(16,2)10-8-17(14)20;1-15(2,3)21-14(20)18-10-8-12-16(4,5)13(19)7-9-17(12,6)11-18;1-11-9-14(8-7-13(11)15)10-12-5-3-2-4-6-12;1-7(9)8-5-3-2-4-6-8;1-3-5(6)4-2;1-2;;;/h3-12,17-18H,13-16H2,1-2H3;4-8H,3,9-14H2,1-2H3;3-7H,8-13H2,1-2H3;12H,7-11H2,1-6H3;2-6,11H,7-10H2,1H3;2-7H,9H2,1H3;3H,1,4H2,2H3;1H3;1H4;;1H2/q;;;;;;;-1;;+1;/t17?,18-;2*18-;12?,17-;;7-;;;;;/m0000.0...../s1. The van der Waals surface area contributed by atoms with Gasteiger partial charge < -0.3 is 20.5 Å². The quantitative estimate of drug-likeness (QED) is 0.0666. The van der Waals surface area contributed by atoms with Gasteiger partial charge in [0.05, 0.1) is 6.04 Å². The number of amides is 1. The summed E-state index contributed by atoms with van der Waals surface area (Å²) in [4.78, 5) is 98.3. The van der Waals surface area contributed by atoms with Crippen LogP contribution < -0.4 is 40.4 Å². The van der Waals surface area contributed by atoms with Crippen molar-refractivity contribution >= 4 is 60.0 Å². The third kappa shape index (κ3) is 34.9. The van der Waals surface area contributed by atoms with Gasteiger partial charge in [0.2, 0.25) is 0 Å². The Hall–Kier alpha value is -7.13. The number of carbonyl (C=O) groups is 7. The molecule has 6 aromatic carbocycles. The minimum atomic E-state index is -0.462. The molecule has 3 unspecified atom stereocenters. The fourth-order valence-corrected chi connectivity index (χ4v) is 17.3. The number of nitrogens with zero attached hydrogens (tertiary/aromatic N) is 6. The van der Waals surface area contributed by atoms with Gasteiger partial charge in [-0.3, -0.25) is 53.4 Å². The fraction of sp³-hybridized carbons (Fsp3) is 0.529. The van der Waals surface area contributed by atoms with Gasteiger partial charge in [-0.15, -0.1) is 0 Å². The predicted molar refractivity (Wildman–Crippen MR) is 493 cm³/mol. The number of hydrogen-bond acceptors (Lipinski definition) is 15. The van der Waals surface area contributed by atoms with Crippen molar-refractivity contribution in [1.29, 1.82) is 0 Å². The number of carbonyl (C=O) groups excluding carboxylic acids is 7. The number of hydrogen-bond donors (Lipinski definition) is 1. The maximum Gasteiger partial charge on any atom is 1.00 e. The summed E-state index contributed by atoms with van der Waals surface area (Å²) in [5.74, 6) is 2.94. The van der Waals surface area contributed by atoms with Crippen LogP contribution in [-0.2, 0) is 59.7 Å². The number of piperidine rings is 5. The maximum atomic E-state index is 12.3. The molecule has 13 rings (SSSR count). The van der Waals surface area contributed by atoms with Crippen molar-refractivity contribution in [2.45, 2.75) is 239 Å². The first-order valence-corrected chi connectivity index (χ1v) is 43.0. The van der Waals surface area contributed by atoms with E-state index in [0.29, 0.717) is 93.0 Å². The number of ketones is 6. The second-order valence-electron chi connectivity index (χ2n) is 35.5. The minimum Gasteiger partial charge on any atom is -0.857 e. The van der Waals surface area contributed by atoms with Gasteiger partial charge >= 0.3 is 35.7 Å². The van der Waals surface area contributed by atoms with Gasteiger partial charge in [-0.2, -0.15) is 20.6 Å².